The zero-order valence-electron chi connectivity index (χ0n) is 10.9. The van der Waals surface area contributed by atoms with E-state index in [1.54, 1.807) is 19.1 Å². The second-order valence-corrected chi connectivity index (χ2v) is 4.72. The van der Waals surface area contributed by atoms with Crippen LogP contribution in [0.1, 0.15) is 5.56 Å². The van der Waals surface area contributed by atoms with Crippen LogP contribution in [0.25, 0.3) is 0 Å². The van der Waals surface area contributed by atoms with Crippen molar-refractivity contribution in [1.29, 1.82) is 0 Å². The van der Waals surface area contributed by atoms with Gasteiger partial charge < -0.3 is 35.0 Å². The molecule has 1 saturated heterocycles. The fourth-order valence-corrected chi connectivity index (χ4v) is 2.02. The molecule has 0 radical (unpaired) electrons. The van der Waals surface area contributed by atoms with E-state index in [1.807, 2.05) is 0 Å². The van der Waals surface area contributed by atoms with Crippen molar-refractivity contribution in [2.45, 2.75) is 37.6 Å². The highest BCUT2D eigenvalue weighted by Gasteiger charge is 2.44. The minimum absolute atomic E-state index is 0.0205. The van der Waals surface area contributed by atoms with Gasteiger partial charge in [0.15, 0.2) is 0 Å². The number of hydrogen-bond donors (Lipinski definition) is 5. The molecule has 1 aliphatic heterocycles. The Morgan fingerprint density at radius 1 is 1.15 bits per heavy atom. The molecule has 3 unspecified atom stereocenters. The minimum atomic E-state index is -1.50. The van der Waals surface area contributed by atoms with Crippen LogP contribution < -0.4 is 4.74 Å². The summed E-state index contributed by atoms with van der Waals surface area (Å²) in [4.78, 5) is 0. The molecule has 0 bridgehead atoms. The van der Waals surface area contributed by atoms with Crippen LogP contribution in [0, 0.1) is 6.92 Å². The quantitative estimate of drug-likeness (QED) is 0.477. The maximum atomic E-state index is 9.84. The van der Waals surface area contributed by atoms with E-state index in [4.69, 9.17) is 14.6 Å². The summed E-state index contributed by atoms with van der Waals surface area (Å²) >= 11 is 0. The van der Waals surface area contributed by atoms with Gasteiger partial charge >= 0.3 is 0 Å². The van der Waals surface area contributed by atoms with E-state index in [-0.39, 0.29) is 11.5 Å². The van der Waals surface area contributed by atoms with Crippen LogP contribution in [-0.4, -0.2) is 62.8 Å². The van der Waals surface area contributed by atoms with Gasteiger partial charge in [0.05, 0.1) is 6.61 Å². The molecular formula is C13H18O7. The third-order valence-corrected chi connectivity index (χ3v) is 3.35. The van der Waals surface area contributed by atoms with Crippen LogP contribution in [0.5, 0.6) is 11.5 Å². The highest BCUT2D eigenvalue weighted by atomic mass is 16.7. The molecule has 1 aromatic carbocycles. The average molecular weight is 286 g/mol. The lowest BCUT2D eigenvalue weighted by molar-refractivity contribution is -0.277. The Hall–Kier alpha value is -1.38. The molecule has 1 aromatic rings. The summed E-state index contributed by atoms with van der Waals surface area (Å²) in [6.45, 7) is 1.10. The summed E-state index contributed by atoms with van der Waals surface area (Å²) in [5, 5.41) is 47.8. The first kappa shape index (κ1) is 15.0. The van der Waals surface area contributed by atoms with Crippen molar-refractivity contribution in [2.24, 2.45) is 0 Å². The monoisotopic (exact) mass is 286 g/mol. The summed E-state index contributed by atoms with van der Waals surface area (Å²) in [5.41, 5.74) is 0.449. The van der Waals surface area contributed by atoms with Gasteiger partial charge in [0.1, 0.15) is 35.9 Å². The SMILES string of the molecule is Cc1c(O)cccc1O[C@@H]1OC(CO)[C@@H](O)C(O)C1O. The van der Waals surface area contributed by atoms with E-state index in [1.165, 1.54) is 6.07 Å². The molecule has 20 heavy (non-hydrogen) atoms. The Kier molecular flexibility index (Phi) is 4.46. The lowest BCUT2D eigenvalue weighted by Crippen LogP contribution is -2.60. The number of rotatable bonds is 3. The summed E-state index contributed by atoms with van der Waals surface area (Å²) in [6.07, 6.45) is -6.69. The van der Waals surface area contributed by atoms with Crippen LogP contribution in [-0.2, 0) is 4.74 Å². The molecule has 1 fully saturated rings. The van der Waals surface area contributed by atoms with E-state index in [0.717, 1.165) is 0 Å². The van der Waals surface area contributed by atoms with Gasteiger partial charge in [0.2, 0.25) is 6.29 Å². The third-order valence-electron chi connectivity index (χ3n) is 3.35. The van der Waals surface area contributed by atoms with E-state index in [0.29, 0.717) is 5.56 Å². The van der Waals surface area contributed by atoms with Gasteiger partial charge in [-0.3, -0.25) is 0 Å². The van der Waals surface area contributed by atoms with Gasteiger partial charge in [-0.2, -0.15) is 0 Å². The highest BCUT2D eigenvalue weighted by molar-refractivity contribution is 5.42. The van der Waals surface area contributed by atoms with Gasteiger partial charge in [0.25, 0.3) is 0 Å². The zero-order valence-corrected chi connectivity index (χ0v) is 10.9. The van der Waals surface area contributed by atoms with Crippen LogP contribution >= 0.6 is 0 Å². The number of ether oxygens (including phenoxy) is 2. The number of phenols is 1. The van der Waals surface area contributed by atoms with E-state index in [2.05, 4.69) is 0 Å². The van der Waals surface area contributed by atoms with Crippen LogP contribution in [0.15, 0.2) is 18.2 Å². The van der Waals surface area contributed by atoms with Crippen molar-refractivity contribution >= 4 is 0 Å². The first-order valence-corrected chi connectivity index (χ1v) is 6.21. The van der Waals surface area contributed by atoms with Crippen molar-refractivity contribution in [3.63, 3.8) is 0 Å². The van der Waals surface area contributed by atoms with Gasteiger partial charge in [-0.05, 0) is 19.1 Å². The second-order valence-electron chi connectivity index (χ2n) is 4.72. The molecular weight excluding hydrogens is 268 g/mol. The number of benzene rings is 1. The Labute approximate surface area is 115 Å². The first-order valence-electron chi connectivity index (χ1n) is 6.21. The van der Waals surface area contributed by atoms with Gasteiger partial charge in [-0.15, -0.1) is 0 Å². The lowest BCUT2D eigenvalue weighted by Gasteiger charge is -2.39. The third kappa shape index (κ3) is 2.72. The number of hydrogen-bond acceptors (Lipinski definition) is 7. The maximum absolute atomic E-state index is 9.84. The van der Waals surface area contributed by atoms with Crippen LogP contribution in [0.3, 0.4) is 0 Å². The van der Waals surface area contributed by atoms with Crippen molar-refractivity contribution in [2.75, 3.05) is 6.61 Å². The average Bonchev–Trinajstić information content (AvgIpc) is 2.44. The Bertz CT molecular complexity index is 462. The van der Waals surface area contributed by atoms with Crippen molar-refractivity contribution in [3.05, 3.63) is 23.8 Å². The van der Waals surface area contributed by atoms with E-state index >= 15 is 0 Å². The normalized spacial score (nSPS) is 34.0. The topological polar surface area (TPSA) is 120 Å². The number of aliphatic hydroxyl groups excluding tert-OH is 4. The molecule has 7 heteroatoms. The zero-order chi connectivity index (χ0) is 14.9. The second kappa shape index (κ2) is 5.94. The molecule has 1 heterocycles. The molecule has 0 spiro atoms. The van der Waals surface area contributed by atoms with Crippen LogP contribution in [0.2, 0.25) is 0 Å². The first-order chi connectivity index (χ1) is 9.45. The van der Waals surface area contributed by atoms with Gasteiger partial charge in [-0.1, -0.05) is 6.07 Å². The standard InChI is InChI=1S/C13H18O7/c1-6-7(15)3-2-4-8(6)19-13-12(18)11(17)10(16)9(5-14)20-13/h2-4,9-18H,5H2,1H3/t9?,10-,11?,12?,13-/m1/s1. The molecule has 0 saturated carbocycles. The highest BCUT2D eigenvalue weighted by Crippen LogP contribution is 2.30. The molecule has 1 aliphatic rings. The lowest BCUT2D eigenvalue weighted by atomic mass is 9.99. The Balaban J connectivity index is 2.17. The molecule has 0 amide bonds. The smallest absolute Gasteiger partial charge is 0.229 e. The molecule has 112 valence electrons. The van der Waals surface area contributed by atoms with E-state index in [9.17, 15) is 20.4 Å². The number of phenolic OH excluding ortho intramolecular Hbond substituents is 1. The minimum Gasteiger partial charge on any atom is -0.508 e. The fourth-order valence-electron chi connectivity index (χ4n) is 2.02. The van der Waals surface area contributed by atoms with Gasteiger partial charge in [-0.25, -0.2) is 0 Å². The molecule has 2 rings (SSSR count). The van der Waals surface area contributed by atoms with Gasteiger partial charge in [0, 0.05) is 5.56 Å². The predicted octanol–water partition coefficient (Wildman–Crippen LogP) is -1.12. The van der Waals surface area contributed by atoms with Crippen molar-refractivity contribution < 1.29 is 35.0 Å². The summed E-state index contributed by atoms with van der Waals surface area (Å²) in [7, 11) is 0. The van der Waals surface area contributed by atoms with E-state index < -0.39 is 37.3 Å². The van der Waals surface area contributed by atoms with Crippen molar-refractivity contribution in [1.82, 2.24) is 0 Å². The maximum Gasteiger partial charge on any atom is 0.229 e. The summed E-state index contributed by atoms with van der Waals surface area (Å²) < 4.78 is 10.6. The van der Waals surface area contributed by atoms with Crippen LogP contribution in [0.4, 0.5) is 0 Å². The molecule has 0 aromatic heterocycles. The molecule has 5 atom stereocenters. The molecule has 5 N–H and O–H groups in total. The Morgan fingerprint density at radius 2 is 1.85 bits per heavy atom. The number of aromatic hydroxyl groups is 1. The molecule has 0 aliphatic carbocycles. The largest absolute Gasteiger partial charge is 0.508 e. The fraction of sp³-hybridized carbons (Fsp3) is 0.538. The molecule has 7 nitrogen and oxygen atoms in total. The van der Waals surface area contributed by atoms with Crippen molar-refractivity contribution in [3.8, 4) is 11.5 Å². The number of aliphatic hydroxyl groups is 4. The summed E-state index contributed by atoms with van der Waals surface area (Å²) in [6, 6.07) is 4.60. The predicted molar refractivity (Wildman–Crippen MR) is 67.2 cm³/mol. The summed E-state index contributed by atoms with van der Waals surface area (Å²) in [5.74, 6) is 0.293. The Morgan fingerprint density at radius 3 is 2.50 bits per heavy atom.